The second kappa shape index (κ2) is 5.19. The van der Waals surface area contributed by atoms with Gasteiger partial charge in [-0.15, -0.1) is 0 Å². The molecule has 1 fully saturated rings. The molecule has 110 valence electrons. The third-order valence-corrected chi connectivity index (χ3v) is 4.70. The lowest BCUT2D eigenvalue weighted by Gasteiger charge is -2.37. The average Bonchev–Trinajstić information content (AvgIpc) is 2.55. The van der Waals surface area contributed by atoms with Crippen LogP contribution < -0.4 is 10.4 Å². The molecule has 0 saturated heterocycles. The predicted octanol–water partition coefficient (Wildman–Crippen LogP) is 3.28. The van der Waals surface area contributed by atoms with E-state index in [1.54, 1.807) is 0 Å². The van der Waals surface area contributed by atoms with E-state index in [0.29, 0.717) is 24.1 Å². The molecule has 2 aliphatic rings. The minimum atomic E-state index is -0.355. The molecule has 1 aliphatic carbocycles. The fourth-order valence-electron chi connectivity index (χ4n) is 3.58. The molecule has 2 aromatic rings. The molecule has 0 amide bonds. The highest BCUT2D eigenvalue weighted by Crippen LogP contribution is 2.32. The number of benzene rings is 1. The SMILES string of the molecule is O=c1oc2ccccc2c2c1OCN(C1CCCCC1)C2. The molecule has 0 bridgehead atoms. The predicted molar refractivity (Wildman–Crippen MR) is 80.4 cm³/mol. The van der Waals surface area contributed by atoms with Crippen LogP contribution in [0.4, 0.5) is 0 Å². The fourth-order valence-corrected chi connectivity index (χ4v) is 3.58. The Morgan fingerprint density at radius 3 is 2.76 bits per heavy atom. The van der Waals surface area contributed by atoms with Crippen LogP contribution in [0.3, 0.4) is 0 Å². The van der Waals surface area contributed by atoms with Crippen LogP contribution in [0.5, 0.6) is 5.75 Å². The van der Waals surface area contributed by atoms with Crippen LogP contribution in [0.1, 0.15) is 37.7 Å². The second-order valence-electron chi connectivity index (χ2n) is 6.01. The summed E-state index contributed by atoms with van der Waals surface area (Å²) in [6.45, 7) is 1.28. The molecule has 1 saturated carbocycles. The van der Waals surface area contributed by atoms with Gasteiger partial charge >= 0.3 is 5.63 Å². The Labute approximate surface area is 123 Å². The first-order chi connectivity index (χ1) is 10.3. The van der Waals surface area contributed by atoms with Crippen LogP contribution in [0, 0.1) is 0 Å². The van der Waals surface area contributed by atoms with Gasteiger partial charge in [-0.05, 0) is 18.9 Å². The van der Waals surface area contributed by atoms with Gasteiger partial charge in [-0.25, -0.2) is 4.79 Å². The number of ether oxygens (including phenoxy) is 1. The maximum Gasteiger partial charge on any atom is 0.379 e. The van der Waals surface area contributed by atoms with Crippen molar-refractivity contribution in [1.82, 2.24) is 4.90 Å². The van der Waals surface area contributed by atoms with Crippen molar-refractivity contribution < 1.29 is 9.15 Å². The minimum Gasteiger partial charge on any atom is -0.470 e. The van der Waals surface area contributed by atoms with Gasteiger partial charge in [0.1, 0.15) is 12.3 Å². The van der Waals surface area contributed by atoms with Gasteiger partial charge in [-0.1, -0.05) is 37.5 Å². The lowest BCUT2D eigenvalue weighted by molar-refractivity contribution is 0.0383. The summed E-state index contributed by atoms with van der Waals surface area (Å²) in [5.41, 5.74) is 1.28. The van der Waals surface area contributed by atoms with Gasteiger partial charge in [0.05, 0.1) is 0 Å². The van der Waals surface area contributed by atoms with Gasteiger partial charge in [0, 0.05) is 23.5 Å². The summed E-state index contributed by atoms with van der Waals surface area (Å²) in [5, 5.41) is 0.993. The lowest BCUT2D eigenvalue weighted by Crippen LogP contribution is -2.42. The standard InChI is InChI=1S/C17H19NO3/c19-17-16-14(13-8-4-5-9-15(13)21-17)10-18(11-20-16)12-6-2-1-3-7-12/h4-5,8-9,12H,1-3,6-7,10-11H2. The quantitative estimate of drug-likeness (QED) is 0.754. The summed E-state index contributed by atoms with van der Waals surface area (Å²) in [6, 6.07) is 8.29. The van der Waals surface area contributed by atoms with Gasteiger partial charge in [-0.3, -0.25) is 4.90 Å². The number of para-hydroxylation sites is 1. The number of hydrogen-bond acceptors (Lipinski definition) is 4. The molecule has 2 heterocycles. The Balaban J connectivity index is 1.74. The highest BCUT2D eigenvalue weighted by Gasteiger charge is 2.29. The van der Waals surface area contributed by atoms with Crippen LogP contribution in [0.25, 0.3) is 11.0 Å². The summed E-state index contributed by atoms with van der Waals surface area (Å²) in [4.78, 5) is 14.4. The van der Waals surface area contributed by atoms with Crippen molar-refractivity contribution >= 4 is 11.0 Å². The van der Waals surface area contributed by atoms with E-state index in [2.05, 4.69) is 4.90 Å². The molecular weight excluding hydrogens is 266 g/mol. The lowest BCUT2D eigenvalue weighted by atomic mass is 9.93. The van der Waals surface area contributed by atoms with E-state index in [-0.39, 0.29) is 5.63 Å². The van der Waals surface area contributed by atoms with Crippen LogP contribution in [0.15, 0.2) is 33.5 Å². The van der Waals surface area contributed by atoms with E-state index in [1.807, 2.05) is 24.3 Å². The highest BCUT2D eigenvalue weighted by molar-refractivity contribution is 5.82. The van der Waals surface area contributed by atoms with E-state index in [0.717, 1.165) is 17.5 Å². The summed E-state index contributed by atoms with van der Waals surface area (Å²) in [5.74, 6) is 0.403. The smallest absolute Gasteiger partial charge is 0.379 e. The Bertz CT molecular complexity index is 716. The summed E-state index contributed by atoms with van der Waals surface area (Å²) in [7, 11) is 0. The Morgan fingerprint density at radius 1 is 1.10 bits per heavy atom. The van der Waals surface area contributed by atoms with Crippen molar-refractivity contribution in [2.24, 2.45) is 0 Å². The molecule has 21 heavy (non-hydrogen) atoms. The number of rotatable bonds is 1. The molecule has 4 heteroatoms. The van der Waals surface area contributed by atoms with E-state index in [9.17, 15) is 4.79 Å². The molecule has 4 nitrogen and oxygen atoms in total. The molecule has 0 N–H and O–H groups in total. The molecule has 0 radical (unpaired) electrons. The van der Waals surface area contributed by atoms with Crippen LogP contribution in [0.2, 0.25) is 0 Å². The van der Waals surface area contributed by atoms with Crippen molar-refractivity contribution in [2.45, 2.75) is 44.7 Å². The summed E-state index contributed by atoms with van der Waals surface area (Å²) < 4.78 is 11.1. The molecule has 0 spiro atoms. The molecule has 1 aromatic carbocycles. The average molecular weight is 285 g/mol. The van der Waals surface area contributed by atoms with Crippen LogP contribution in [-0.4, -0.2) is 17.7 Å². The van der Waals surface area contributed by atoms with Gasteiger partial charge in [0.25, 0.3) is 0 Å². The van der Waals surface area contributed by atoms with E-state index in [4.69, 9.17) is 9.15 Å². The Morgan fingerprint density at radius 2 is 1.90 bits per heavy atom. The Hall–Kier alpha value is -1.81. The van der Waals surface area contributed by atoms with E-state index >= 15 is 0 Å². The largest absolute Gasteiger partial charge is 0.470 e. The zero-order chi connectivity index (χ0) is 14.2. The third kappa shape index (κ3) is 2.23. The van der Waals surface area contributed by atoms with Crippen molar-refractivity contribution in [1.29, 1.82) is 0 Å². The number of nitrogens with zero attached hydrogens (tertiary/aromatic N) is 1. The Kier molecular flexibility index (Phi) is 3.19. The van der Waals surface area contributed by atoms with Crippen molar-refractivity contribution in [3.05, 3.63) is 40.2 Å². The monoisotopic (exact) mass is 285 g/mol. The van der Waals surface area contributed by atoms with Gasteiger partial charge in [0.2, 0.25) is 5.75 Å². The first kappa shape index (κ1) is 12.9. The second-order valence-corrected chi connectivity index (χ2v) is 6.01. The maximum absolute atomic E-state index is 12.1. The highest BCUT2D eigenvalue weighted by atomic mass is 16.5. The molecular formula is C17H19NO3. The van der Waals surface area contributed by atoms with Crippen LogP contribution >= 0.6 is 0 Å². The first-order valence-electron chi connectivity index (χ1n) is 7.74. The third-order valence-electron chi connectivity index (χ3n) is 4.70. The van der Waals surface area contributed by atoms with Crippen molar-refractivity contribution in [2.75, 3.05) is 6.73 Å². The maximum atomic E-state index is 12.1. The summed E-state index contributed by atoms with van der Waals surface area (Å²) in [6.07, 6.45) is 6.40. The molecule has 0 unspecified atom stereocenters. The topological polar surface area (TPSA) is 42.7 Å². The molecule has 1 aliphatic heterocycles. The van der Waals surface area contributed by atoms with E-state index in [1.165, 1.54) is 32.1 Å². The van der Waals surface area contributed by atoms with Crippen LogP contribution in [-0.2, 0) is 6.54 Å². The fraction of sp³-hybridized carbons (Fsp3) is 0.471. The van der Waals surface area contributed by atoms with Gasteiger partial charge < -0.3 is 9.15 Å². The van der Waals surface area contributed by atoms with Crippen molar-refractivity contribution in [3.63, 3.8) is 0 Å². The molecule has 1 aromatic heterocycles. The molecule has 0 atom stereocenters. The van der Waals surface area contributed by atoms with Gasteiger partial charge in [0.15, 0.2) is 0 Å². The minimum absolute atomic E-state index is 0.355. The zero-order valence-electron chi connectivity index (χ0n) is 12.0. The first-order valence-corrected chi connectivity index (χ1v) is 7.74. The summed E-state index contributed by atoms with van der Waals surface area (Å²) >= 11 is 0. The van der Waals surface area contributed by atoms with Crippen molar-refractivity contribution in [3.8, 4) is 5.75 Å². The van der Waals surface area contributed by atoms with E-state index < -0.39 is 0 Å². The van der Waals surface area contributed by atoms with Gasteiger partial charge in [-0.2, -0.15) is 0 Å². The number of hydrogen-bond donors (Lipinski definition) is 0. The number of fused-ring (bicyclic) bond motifs is 3. The zero-order valence-corrected chi connectivity index (χ0v) is 12.0. The normalized spacial score (nSPS) is 20.2. The molecule has 4 rings (SSSR count).